The molecule has 106 valence electrons. The summed E-state index contributed by atoms with van der Waals surface area (Å²) in [6.45, 7) is 8.21. The highest BCUT2D eigenvalue weighted by atomic mass is 32.2. The van der Waals surface area contributed by atoms with Gasteiger partial charge < -0.3 is 5.73 Å². The number of nitrogens with two attached hydrogens (primary N) is 1. The Bertz CT molecular complexity index is 587. The lowest BCUT2D eigenvalue weighted by atomic mass is 10.1. The predicted molar refractivity (Wildman–Crippen MR) is 84.0 cm³/mol. The SMILES string of the molecule is CC[C@H](N)c1ccccc1Sc1nc(C)c(C)c(C)n1. The van der Waals surface area contributed by atoms with Crippen molar-refractivity contribution in [2.45, 2.75) is 50.2 Å². The smallest absolute Gasteiger partial charge is 0.192 e. The van der Waals surface area contributed by atoms with Crippen LogP contribution in [0.3, 0.4) is 0 Å². The molecule has 1 heterocycles. The molecular formula is C16H21N3S. The standard InChI is InChI=1S/C16H21N3S/c1-5-14(17)13-8-6-7-9-15(13)20-16-18-11(3)10(2)12(4)19-16/h6-9,14H,5,17H2,1-4H3/t14-/m0/s1. The molecule has 0 aliphatic rings. The van der Waals surface area contributed by atoms with Gasteiger partial charge in [-0.15, -0.1) is 0 Å². The minimum Gasteiger partial charge on any atom is -0.324 e. The molecule has 0 saturated heterocycles. The van der Waals surface area contributed by atoms with E-state index in [9.17, 15) is 0 Å². The van der Waals surface area contributed by atoms with Gasteiger partial charge in [-0.05, 0) is 56.1 Å². The first-order chi connectivity index (χ1) is 9.52. The van der Waals surface area contributed by atoms with Crippen molar-refractivity contribution in [3.05, 3.63) is 46.8 Å². The summed E-state index contributed by atoms with van der Waals surface area (Å²) in [7, 11) is 0. The normalized spacial score (nSPS) is 12.4. The van der Waals surface area contributed by atoms with Crippen LogP contribution in [0.5, 0.6) is 0 Å². The number of hydrogen-bond donors (Lipinski definition) is 1. The molecule has 20 heavy (non-hydrogen) atoms. The van der Waals surface area contributed by atoms with E-state index in [1.54, 1.807) is 11.8 Å². The molecule has 1 aromatic carbocycles. The van der Waals surface area contributed by atoms with E-state index in [-0.39, 0.29) is 6.04 Å². The average molecular weight is 287 g/mol. The maximum absolute atomic E-state index is 6.18. The van der Waals surface area contributed by atoms with Gasteiger partial charge in [-0.1, -0.05) is 25.1 Å². The lowest BCUT2D eigenvalue weighted by molar-refractivity contribution is 0.685. The van der Waals surface area contributed by atoms with E-state index in [4.69, 9.17) is 5.73 Å². The van der Waals surface area contributed by atoms with E-state index in [0.29, 0.717) is 0 Å². The summed E-state index contributed by atoms with van der Waals surface area (Å²) in [6.07, 6.45) is 0.921. The summed E-state index contributed by atoms with van der Waals surface area (Å²) in [5.74, 6) is 0. The van der Waals surface area contributed by atoms with E-state index < -0.39 is 0 Å². The van der Waals surface area contributed by atoms with Crippen LogP contribution in [-0.2, 0) is 0 Å². The second kappa shape index (κ2) is 6.37. The van der Waals surface area contributed by atoms with Gasteiger partial charge in [-0.25, -0.2) is 9.97 Å². The van der Waals surface area contributed by atoms with Crippen LogP contribution >= 0.6 is 11.8 Å². The number of benzene rings is 1. The van der Waals surface area contributed by atoms with E-state index >= 15 is 0 Å². The molecule has 4 heteroatoms. The van der Waals surface area contributed by atoms with Crippen molar-refractivity contribution in [2.75, 3.05) is 0 Å². The minimum atomic E-state index is 0.0614. The number of hydrogen-bond acceptors (Lipinski definition) is 4. The molecule has 2 N–H and O–H groups in total. The first-order valence-corrected chi connectivity index (χ1v) is 7.68. The van der Waals surface area contributed by atoms with E-state index in [1.807, 2.05) is 26.0 Å². The van der Waals surface area contributed by atoms with Crippen LogP contribution in [0.25, 0.3) is 0 Å². The van der Waals surface area contributed by atoms with Gasteiger partial charge in [0.05, 0.1) is 0 Å². The van der Waals surface area contributed by atoms with Gasteiger partial charge in [0.1, 0.15) is 0 Å². The molecule has 0 fully saturated rings. The summed E-state index contributed by atoms with van der Waals surface area (Å²) >= 11 is 1.59. The highest BCUT2D eigenvalue weighted by Gasteiger charge is 2.12. The quantitative estimate of drug-likeness (QED) is 0.865. The van der Waals surface area contributed by atoms with Crippen LogP contribution in [0.15, 0.2) is 34.3 Å². The van der Waals surface area contributed by atoms with Crippen molar-refractivity contribution in [3.63, 3.8) is 0 Å². The van der Waals surface area contributed by atoms with Crippen LogP contribution in [0.1, 0.15) is 41.9 Å². The summed E-state index contributed by atoms with van der Waals surface area (Å²) in [5.41, 5.74) is 10.6. The second-order valence-electron chi connectivity index (χ2n) is 4.96. The second-order valence-corrected chi connectivity index (χ2v) is 5.97. The maximum Gasteiger partial charge on any atom is 0.192 e. The summed E-state index contributed by atoms with van der Waals surface area (Å²) in [6, 6.07) is 8.29. The van der Waals surface area contributed by atoms with E-state index in [1.165, 1.54) is 5.56 Å². The molecule has 0 aliphatic carbocycles. The first kappa shape index (κ1) is 15.0. The van der Waals surface area contributed by atoms with Crippen molar-refractivity contribution >= 4 is 11.8 Å². The van der Waals surface area contributed by atoms with Gasteiger partial charge in [-0.3, -0.25) is 0 Å². The Morgan fingerprint density at radius 1 is 1.10 bits per heavy atom. The number of aromatic nitrogens is 2. The molecule has 0 spiro atoms. The third-order valence-electron chi connectivity index (χ3n) is 3.57. The Morgan fingerprint density at radius 3 is 2.30 bits per heavy atom. The predicted octanol–water partition coefficient (Wildman–Crippen LogP) is 3.96. The number of aryl methyl sites for hydroxylation is 2. The van der Waals surface area contributed by atoms with Crippen molar-refractivity contribution in [1.29, 1.82) is 0 Å². The first-order valence-electron chi connectivity index (χ1n) is 6.87. The van der Waals surface area contributed by atoms with Crippen molar-refractivity contribution in [3.8, 4) is 0 Å². The van der Waals surface area contributed by atoms with Crippen LogP contribution < -0.4 is 5.73 Å². The van der Waals surface area contributed by atoms with Crippen molar-refractivity contribution in [2.24, 2.45) is 5.73 Å². The Labute approximate surface area is 125 Å². The molecular weight excluding hydrogens is 266 g/mol. The third-order valence-corrected chi connectivity index (χ3v) is 4.53. The molecule has 0 radical (unpaired) electrons. The summed E-state index contributed by atoms with van der Waals surface area (Å²) in [5, 5.41) is 0.793. The monoisotopic (exact) mass is 287 g/mol. The molecule has 1 aromatic heterocycles. The highest BCUT2D eigenvalue weighted by Crippen LogP contribution is 2.32. The Kier molecular flexibility index (Phi) is 4.78. The third kappa shape index (κ3) is 3.19. The molecule has 0 amide bonds. The fourth-order valence-corrected chi connectivity index (χ4v) is 3.03. The molecule has 0 unspecified atom stereocenters. The van der Waals surface area contributed by atoms with Crippen molar-refractivity contribution in [1.82, 2.24) is 9.97 Å². The summed E-state index contributed by atoms with van der Waals surface area (Å²) in [4.78, 5) is 10.3. The van der Waals surface area contributed by atoms with Gasteiger partial charge in [0, 0.05) is 22.3 Å². The van der Waals surface area contributed by atoms with Crippen LogP contribution in [-0.4, -0.2) is 9.97 Å². The van der Waals surface area contributed by atoms with Gasteiger partial charge in [0.15, 0.2) is 5.16 Å². The van der Waals surface area contributed by atoms with Gasteiger partial charge in [-0.2, -0.15) is 0 Å². The topological polar surface area (TPSA) is 51.8 Å². The molecule has 3 nitrogen and oxygen atoms in total. The molecule has 0 aliphatic heterocycles. The fraction of sp³-hybridized carbons (Fsp3) is 0.375. The van der Waals surface area contributed by atoms with Crippen LogP contribution in [0.2, 0.25) is 0 Å². The largest absolute Gasteiger partial charge is 0.324 e. The average Bonchev–Trinajstić information content (AvgIpc) is 2.44. The maximum atomic E-state index is 6.18. The lowest BCUT2D eigenvalue weighted by Gasteiger charge is -2.14. The Balaban J connectivity index is 2.35. The number of nitrogens with zero attached hydrogens (tertiary/aromatic N) is 2. The van der Waals surface area contributed by atoms with E-state index in [2.05, 4.69) is 35.9 Å². The zero-order valence-electron chi connectivity index (χ0n) is 12.5. The van der Waals surface area contributed by atoms with Crippen LogP contribution in [0, 0.1) is 20.8 Å². The Morgan fingerprint density at radius 2 is 1.70 bits per heavy atom. The molecule has 0 bridgehead atoms. The lowest BCUT2D eigenvalue weighted by Crippen LogP contribution is -2.09. The highest BCUT2D eigenvalue weighted by molar-refractivity contribution is 7.99. The van der Waals surface area contributed by atoms with E-state index in [0.717, 1.165) is 33.4 Å². The zero-order valence-corrected chi connectivity index (χ0v) is 13.3. The molecule has 2 rings (SSSR count). The van der Waals surface area contributed by atoms with Gasteiger partial charge in [0.25, 0.3) is 0 Å². The minimum absolute atomic E-state index is 0.0614. The van der Waals surface area contributed by atoms with Crippen molar-refractivity contribution < 1.29 is 0 Å². The molecule has 2 aromatic rings. The summed E-state index contributed by atoms with van der Waals surface area (Å²) < 4.78 is 0. The van der Waals surface area contributed by atoms with Gasteiger partial charge in [0.2, 0.25) is 0 Å². The van der Waals surface area contributed by atoms with Gasteiger partial charge >= 0.3 is 0 Å². The fourth-order valence-electron chi connectivity index (χ4n) is 1.99. The molecule has 1 atom stereocenters. The molecule has 0 saturated carbocycles. The van der Waals surface area contributed by atoms with Crippen LogP contribution in [0.4, 0.5) is 0 Å². The Hall–Kier alpha value is -1.39. The zero-order chi connectivity index (χ0) is 14.7. The number of rotatable bonds is 4.